The van der Waals surface area contributed by atoms with Gasteiger partial charge in [0.05, 0.1) is 5.92 Å². The number of halogens is 2. The molecule has 0 aromatic heterocycles. The van der Waals surface area contributed by atoms with Gasteiger partial charge in [0, 0.05) is 6.07 Å². The van der Waals surface area contributed by atoms with Crippen LogP contribution >= 0.6 is 0 Å². The van der Waals surface area contributed by atoms with Crippen LogP contribution in [0.1, 0.15) is 11.5 Å². The molecule has 0 spiro atoms. The van der Waals surface area contributed by atoms with E-state index in [0.29, 0.717) is 18.6 Å². The Kier molecular flexibility index (Phi) is 2.84. The largest absolute Gasteiger partial charge is 0.302 e. The smallest absolute Gasteiger partial charge is 0.134 e. The molecule has 13 heavy (non-hydrogen) atoms. The third-order valence-corrected chi connectivity index (χ3v) is 1.56. The zero-order valence-electron chi connectivity index (χ0n) is 6.54. The van der Waals surface area contributed by atoms with E-state index in [-0.39, 0.29) is 5.56 Å². The Bertz CT molecular complexity index is 308. The average molecular weight is 184 g/mol. The SMILES string of the molecule is O=CC(C=O)c1cc(F)cc(F)c1. The van der Waals surface area contributed by atoms with Crippen LogP contribution in [0.4, 0.5) is 8.78 Å². The maximum Gasteiger partial charge on any atom is 0.134 e. The minimum absolute atomic E-state index is 0.0301. The molecule has 0 unspecified atom stereocenters. The lowest BCUT2D eigenvalue weighted by atomic mass is 10.0. The Hall–Kier alpha value is -1.58. The van der Waals surface area contributed by atoms with Crippen molar-refractivity contribution < 1.29 is 18.4 Å². The third kappa shape index (κ3) is 2.18. The molecule has 1 rings (SSSR count). The van der Waals surface area contributed by atoms with Crippen molar-refractivity contribution >= 4 is 12.6 Å². The normalized spacial score (nSPS) is 10.1. The topological polar surface area (TPSA) is 34.1 Å². The minimum atomic E-state index is -1.09. The van der Waals surface area contributed by atoms with E-state index in [1.807, 2.05) is 0 Å². The lowest BCUT2D eigenvalue weighted by Gasteiger charge is -2.02. The van der Waals surface area contributed by atoms with Crippen molar-refractivity contribution in [3.05, 3.63) is 35.4 Å². The first kappa shape index (κ1) is 9.51. The molecule has 1 aromatic carbocycles. The van der Waals surface area contributed by atoms with Crippen LogP contribution < -0.4 is 0 Å². The summed E-state index contributed by atoms with van der Waals surface area (Å²) in [6.45, 7) is 0. The summed E-state index contributed by atoms with van der Waals surface area (Å²) in [5, 5.41) is 0. The molecule has 0 radical (unpaired) electrons. The minimum Gasteiger partial charge on any atom is -0.302 e. The molecule has 0 heterocycles. The van der Waals surface area contributed by atoms with Crippen LogP contribution in [0, 0.1) is 11.6 Å². The Morgan fingerprint density at radius 3 is 1.85 bits per heavy atom. The van der Waals surface area contributed by atoms with Gasteiger partial charge in [-0.05, 0) is 17.7 Å². The Morgan fingerprint density at radius 1 is 1.00 bits per heavy atom. The van der Waals surface area contributed by atoms with Crippen LogP contribution in [-0.4, -0.2) is 12.6 Å². The van der Waals surface area contributed by atoms with Crippen molar-refractivity contribution in [3.63, 3.8) is 0 Å². The molecule has 0 saturated carbocycles. The van der Waals surface area contributed by atoms with Crippen molar-refractivity contribution in [2.24, 2.45) is 0 Å². The zero-order valence-corrected chi connectivity index (χ0v) is 6.54. The van der Waals surface area contributed by atoms with Gasteiger partial charge in [-0.25, -0.2) is 8.78 Å². The predicted octanol–water partition coefficient (Wildman–Crippen LogP) is 1.45. The van der Waals surface area contributed by atoms with Crippen LogP contribution in [0.15, 0.2) is 18.2 Å². The van der Waals surface area contributed by atoms with Gasteiger partial charge in [-0.3, -0.25) is 0 Å². The highest BCUT2D eigenvalue weighted by Gasteiger charge is 2.11. The van der Waals surface area contributed by atoms with Gasteiger partial charge in [0.25, 0.3) is 0 Å². The highest BCUT2D eigenvalue weighted by Crippen LogP contribution is 2.14. The second kappa shape index (κ2) is 3.89. The van der Waals surface area contributed by atoms with Gasteiger partial charge in [0.15, 0.2) is 0 Å². The number of carbonyl (C=O) groups is 2. The number of hydrogen-bond donors (Lipinski definition) is 0. The summed E-state index contributed by atoms with van der Waals surface area (Å²) in [5.74, 6) is -2.70. The molecular weight excluding hydrogens is 178 g/mol. The average Bonchev–Trinajstić information content (AvgIpc) is 2.04. The molecule has 1 aromatic rings. The molecule has 68 valence electrons. The second-order valence-electron chi connectivity index (χ2n) is 2.50. The maximum atomic E-state index is 12.6. The molecule has 0 atom stereocenters. The van der Waals surface area contributed by atoms with Crippen LogP contribution in [0.25, 0.3) is 0 Å². The third-order valence-electron chi connectivity index (χ3n) is 1.56. The van der Waals surface area contributed by atoms with Gasteiger partial charge in [-0.1, -0.05) is 0 Å². The van der Waals surface area contributed by atoms with Crippen LogP contribution in [-0.2, 0) is 9.59 Å². The van der Waals surface area contributed by atoms with E-state index >= 15 is 0 Å². The maximum absolute atomic E-state index is 12.6. The summed E-state index contributed by atoms with van der Waals surface area (Å²) in [5.41, 5.74) is 0.0301. The zero-order chi connectivity index (χ0) is 9.84. The molecule has 2 nitrogen and oxygen atoms in total. The standard InChI is InChI=1S/C9H6F2O2/c10-8-1-6(2-9(11)3-8)7(4-12)5-13/h1-5,7H. The van der Waals surface area contributed by atoms with E-state index in [4.69, 9.17) is 0 Å². The first-order valence-corrected chi connectivity index (χ1v) is 3.54. The molecule has 0 aliphatic carbocycles. The van der Waals surface area contributed by atoms with E-state index in [2.05, 4.69) is 0 Å². The number of carbonyl (C=O) groups excluding carboxylic acids is 2. The van der Waals surface area contributed by atoms with Crippen LogP contribution in [0.2, 0.25) is 0 Å². The van der Waals surface area contributed by atoms with E-state index in [0.717, 1.165) is 12.1 Å². The second-order valence-corrected chi connectivity index (χ2v) is 2.50. The van der Waals surface area contributed by atoms with Gasteiger partial charge >= 0.3 is 0 Å². The Labute approximate surface area is 73.2 Å². The molecule has 0 fully saturated rings. The number of hydrogen-bond acceptors (Lipinski definition) is 2. The van der Waals surface area contributed by atoms with Crippen molar-refractivity contribution in [2.45, 2.75) is 5.92 Å². The van der Waals surface area contributed by atoms with Gasteiger partial charge in [-0.2, -0.15) is 0 Å². The van der Waals surface area contributed by atoms with E-state index in [1.54, 1.807) is 0 Å². The van der Waals surface area contributed by atoms with Crippen molar-refractivity contribution in [1.82, 2.24) is 0 Å². The number of aldehydes is 2. The van der Waals surface area contributed by atoms with Crippen molar-refractivity contribution in [3.8, 4) is 0 Å². The molecule has 0 bridgehead atoms. The fourth-order valence-corrected chi connectivity index (χ4v) is 0.957. The quantitative estimate of drug-likeness (QED) is 0.526. The molecular formula is C9H6F2O2. The summed E-state index contributed by atoms with van der Waals surface area (Å²) in [6.07, 6.45) is 0.669. The molecule has 0 amide bonds. The summed E-state index contributed by atoms with van der Waals surface area (Å²) >= 11 is 0. The lowest BCUT2D eigenvalue weighted by Crippen LogP contribution is -2.02. The highest BCUT2D eigenvalue weighted by molar-refractivity contribution is 5.84. The fraction of sp³-hybridized carbons (Fsp3) is 0.111. The molecule has 4 heteroatoms. The molecule has 0 N–H and O–H groups in total. The van der Waals surface area contributed by atoms with Gasteiger partial charge in [-0.15, -0.1) is 0 Å². The molecule has 0 aliphatic heterocycles. The fourth-order valence-electron chi connectivity index (χ4n) is 0.957. The first-order chi connectivity index (χ1) is 6.17. The van der Waals surface area contributed by atoms with Crippen LogP contribution in [0.5, 0.6) is 0 Å². The summed E-state index contributed by atoms with van der Waals surface area (Å²) in [7, 11) is 0. The van der Waals surface area contributed by atoms with Crippen LogP contribution in [0.3, 0.4) is 0 Å². The number of rotatable bonds is 3. The summed E-state index contributed by atoms with van der Waals surface area (Å²) in [6, 6.07) is 2.59. The van der Waals surface area contributed by atoms with Crippen molar-refractivity contribution in [1.29, 1.82) is 0 Å². The Morgan fingerprint density at radius 2 is 1.46 bits per heavy atom. The molecule has 0 saturated heterocycles. The van der Waals surface area contributed by atoms with Crippen molar-refractivity contribution in [2.75, 3.05) is 0 Å². The van der Waals surface area contributed by atoms with Gasteiger partial charge in [0.2, 0.25) is 0 Å². The predicted molar refractivity (Wildman–Crippen MR) is 41.2 cm³/mol. The van der Waals surface area contributed by atoms with E-state index in [9.17, 15) is 18.4 Å². The highest BCUT2D eigenvalue weighted by atomic mass is 19.1. The number of benzene rings is 1. The first-order valence-electron chi connectivity index (χ1n) is 3.54. The Balaban J connectivity index is 3.12. The molecule has 0 aliphatic rings. The monoisotopic (exact) mass is 184 g/mol. The lowest BCUT2D eigenvalue weighted by molar-refractivity contribution is -0.116. The summed E-state index contributed by atoms with van der Waals surface area (Å²) in [4.78, 5) is 20.6. The van der Waals surface area contributed by atoms with E-state index < -0.39 is 17.6 Å². The van der Waals surface area contributed by atoms with E-state index in [1.165, 1.54) is 0 Å². The van der Waals surface area contributed by atoms with Gasteiger partial charge in [0.1, 0.15) is 24.2 Å². The summed E-state index contributed by atoms with van der Waals surface area (Å²) < 4.78 is 25.2. The van der Waals surface area contributed by atoms with Gasteiger partial charge < -0.3 is 9.59 Å².